The van der Waals surface area contributed by atoms with Gasteiger partial charge in [0.05, 0.1) is 16.1 Å². The lowest BCUT2D eigenvalue weighted by Gasteiger charge is -2.21. The van der Waals surface area contributed by atoms with Crippen LogP contribution in [0.15, 0.2) is 30.3 Å². The third-order valence-corrected chi connectivity index (χ3v) is 5.20. The second-order valence-corrected chi connectivity index (χ2v) is 6.98. The Labute approximate surface area is 144 Å². The standard InChI is InChI=1S/C18H17N3O2S/c1-11-16(24-20-19-11)9-21(2)8-12-6-7-13-10-23-18(22)15-5-3-4-14(12)17(13)15/h3-7H,8-10H2,1-2H3. The van der Waals surface area contributed by atoms with E-state index >= 15 is 0 Å². The van der Waals surface area contributed by atoms with Gasteiger partial charge in [-0.2, -0.15) is 0 Å². The van der Waals surface area contributed by atoms with E-state index in [0.717, 1.165) is 35.1 Å². The smallest absolute Gasteiger partial charge is 0.339 e. The Hall–Kier alpha value is -2.31. The predicted octanol–water partition coefficient (Wildman–Crippen LogP) is 3.30. The van der Waals surface area contributed by atoms with E-state index in [9.17, 15) is 4.79 Å². The number of carbonyl (C=O) groups is 1. The number of nitrogens with zero attached hydrogens (tertiary/aromatic N) is 3. The lowest BCUT2D eigenvalue weighted by Crippen LogP contribution is -2.18. The monoisotopic (exact) mass is 339 g/mol. The molecule has 0 amide bonds. The van der Waals surface area contributed by atoms with Crippen LogP contribution in [-0.4, -0.2) is 27.5 Å². The summed E-state index contributed by atoms with van der Waals surface area (Å²) in [5.41, 5.74) is 3.95. The number of ether oxygens (including phenoxy) is 1. The van der Waals surface area contributed by atoms with Crippen LogP contribution in [0.3, 0.4) is 0 Å². The van der Waals surface area contributed by atoms with Crippen LogP contribution in [0, 0.1) is 6.92 Å². The van der Waals surface area contributed by atoms with Gasteiger partial charge in [0.25, 0.3) is 0 Å². The number of hydrogen-bond donors (Lipinski definition) is 0. The molecule has 1 aliphatic heterocycles. The minimum atomic E-state index is -0.232. The molecule has 2 heterocycles. The summed E-state index contributed by atoms with van der Waals surface area (Å²) in [5, 5.41) is 6.24. The van der Waals surface area contributed by atoms with Crippen molar-refractivity contribution in [1.29, 1.82) is 0 Å². The molecule has 2 aromatic carbocycles. The van der Waals surface area contributed by atoms with Gasteiger partial charge < -0.3 is 4.74 Å². The number of aromatic nitrogens is 2. The molecule has 1 aliphatic rings. The number of aryl methyl sites for hydroxylation is 1. The predicted molar refractivity (Wildman–Crippen MR) is 92.9 cm³/mol. The molecule has 3 aromatic rings. The van der Waals surface area contributed by atoms with Gasteiger partial charge in [0.1, 0.15) is 6.61 Å². The summed E-state index contributed by atoms with van der Waals surface area (Å²) >= 11 is 1.45. The average Bonchev–Trinajstić information content (AvgIpc) is 2.97. The highest BCUT2D eigenvalue weighted by molar-refractivity contribution is 7.05. The third kappa shape index (κ3) is 2.57. The van der Waals surface area contributed by atoms with Crippen LogP contribution in [0.4, 0.5) is 0 Å². The summed E-state index contributed by atoms with van der Waals surface area (Å²) in [7, 11) is 2.09. The van der Waals surface area contributed by atoms with Crippen LogP contribution >= 0.6 is 11.5 Å². The summed E-state index contributed by atoms with van der Waals surface area (Å²) in [6.07, 6.45) is 0. The molecule has 0 unspecified atom stereocenters. The third-order valence-electron chi connectivity index (χ3n) is 4.40. The molecule has 5 nitrogen and oxygen atoms in total. The van der Waals surface area contributed by atoms with Crippen molar-refractivity contribution in [1.82, 2.24) is 14.5 Å². The van der Waals surface area contributed by atoms with Gasteiger partial charge in [-0.1, -0.05) is 28.8 Å². The van der Waals surface area contributed by atoms with Gasteiger partial charge in [-0.05, 0) is 48.1 Å². The van der Waals surface area contributed by atoms with E-state index in [-0.39, 0.29) is 5.97 Å². The summed E-state index contributed by atoms with van der Waals surface area (Å²) in [6, 6.07) is 10.1. The van der Waals surface area contributed by atoms with E-state index in [1.165, 1.54) is 22.0 Å². The van der Waals surface area contributed by atoms with Gasteiger partial charge >= 0.3 is 5.97 Å². The van der Waals surface area contributed by atoms with Crippen molar-refractivity contribution >= 4 is 28.3 Å². The first kappa shape index (κ1) is 15.2. The summed E-state index contributed by atoms with van der Waals surface area (Å²) < 4.78 is 9.23. The molecule has 0 fully saturated rings. The number of benzene rings is 2. The second kappa shape index (κ2) is 5.96. The van der Waals surface area contributed by atoms with Crippen LogP contribution in [0.5, 0.6) is 0 Å². The molecular formula is C18H17N3O2S. The molecule has 1 aromatic heterocycles. The first-order chi connectivity index (χ1) is 11.6. The van der Waals surface area contributed by atoms with Crippen LogP contribution in [0.2, 0.25) is 0 Å². The average molecular weight is 339 g/mol. The molecule has 24 heavy (non-hydrogen) atoms. The molecule has 0 N–H and O–H groups in total. The highest BCUT2D eigenvalue weighted by Gasteiger charge is 2.21. The Morgan fingerprint density at radius 3 is 2.92 bits per heavy atom. The van der Waals surface area contributed by atoms with Crippen molar-refractivity contribution in [2.75, 3.05) is 7.05 Å². The van der Waals surface area contributed by atoms with Crippen molar-refractivity contribution in [2.24, 2.45) is 0 Å². The number of rotatable bonds is 4. The Morgan fingerprint density at radius 1 is 1.25 bits per heavy atom. The quantitative estimate of drug-likeness (QED) is 0.683. The molecule has 0 bridgehead atoms. The van der Waals surface area contributed by atoms with E-state index in [0.29, 0.717) is 12.2 Å². The zero-order valence-corrected chi connectivity index (χ0v) is 14.4. The van der Waals surface area contributed by atoms with E-state index < -0.39 is 0 Å². The molecule has 0 saturated heterocycles. The fourth-order valence-corrected chi connectivity index (χ4v) is 3.89. The molecule has 0 radical (unpaired) electrons. The number of esters is 1. The van der Waals surface area contributed by atoms with Crippen LogP contribution < -0.4 is 0 Å². The lowest BCUT2D eigenvalue weighted by molar-refractivity contribution is 0.0463. The minimum Gasteiger partial charge on any atom is -0.457 e. The summed E-state index contributed by atoms with van der Waals surface area (Å²) in [4.78, 5) is 15.4. The Morgan fingerprint density at radius 2 is 2.12 bits per heavy atom. The molecule has 122 valence electrons. The van der Waals surface area contributed by atoms with E-state index in [2.05, 4.69) is 39.7 Å². The lowest BCUT2D eigenvalue weighted by atomic mass is 9.94. The van der Waals surface area contributed by atoms with E-state index in [4.69, 9.17) is 4.74 Å². The number of carbonyl (C=O) groups excluding carboxylic acids is 1. The summed E-state index contributed by atoms with van der Waals surface area (Å²) in [5.74, 6) is -0.232. The van der Waals surface area contributed by atoms with Crippen LogP contribution in [0.1, 0.15) is 32.1 Å². The Kier molecular flexibility index (Phi) is 3.78. The largest absolute Gasteiger partial charge is 0.457 e. The van der Waals surface area contributed by atoms with E-state index in [1.54, 1.807) is 0 Å². The fraction of sp³-hybridized carbons (Fsp3) is 0.278. The van der Waals surface area contributed by atoms with Crippen molar-refractivity contribution in [2.45, 2.75) is 26.6 Å². The number of hydrogen-bond acceptors (Lipinski definition) is 6. The molecule has 0 atom stereocenters. The maximum Gasteiger partial charge on any atom is 0.339 e. The maximum absolute atomic E-state index is 12.0. The van der Waals surface area contributed by atoms with Crippen LogP contribution in [-0.2, 0) is 24.4 Å². The van der Waals surface area contributed by atoms with Gasteiger partial charge in [-0.3, -0.25) is 4.90 Å². The first-order valence-electron chi connectivity index (χ1n) is 7.80. The SMILES string of the molecule is Cc1nnsc1CN(C)Cc1ccc2c3c(cccc13)C(=O)OC2. The molecule has 6 heteroatoms. The topological polar surface area (TPSA) is 55.3 Å². The van der Waals surface area contributed by atoms with Gasteiger partial charge in [0.2, 0.25) is 0 Å². The van der Waals surface area contributed by atoms with Crippen LogP contribution in [0.25, 0.3) is 10.8 Å². The van der Waals surface area contributed by atoms with Gasteiger partial charge in [-0.25, -0.2) is 4.79 Å². The minimum absolute atomic E-state index is 0.232. The van der Waals surface area contributed by atoms with Crippen molar-refractivity contribution in [3.8, 4) is 0 Å². The van der Waals surface area contributed by atoms with Gasteiger partial charge in [0.15, 0.2) is 0 Å². The highest BCUT2D eigenvalue weighted by Crippen LogP contribution is 2.31. The van der Waals surface area contributed by atoms with E-state index in [1.807, 2.05) is 19.1 Å². The molecular weight excluding hydrogens is 322 g/mol. The zero-order chi connectivity index (χ0) is 16.7. The Bertz CT molecular complexity index is 935. The molecule has 0 spiro atoms. The zero-order valence-electron chi connectivity index (χ0n) is 13.6. The normalized spacial score (nSPS) is 13.5. The Balaban J connectivity index is 1.68. The molecule has 4 rings (SSSR count). The number of cyclic esters (lactones) is 1. The second-order valence-electron chi connectivity index (χ2n) is 6.14. The van der Waals surface area contributed by atoms with Crippen molar-refractivity contribution in [3.05, 3.63) is 57.6 Å². The van der Waals surface area contributed by atoms with Gasteiger partial charge in [0, 0.05) is 18.5 Å². The fourth-order valence-electron chi connectivity index (χ4n) is 3.18. The molecule has 0 saturated carbocycles. The highest BCUT2D eigenvalue weighted by atomic mass is 32.1. The van der Waals surface area contributed by atoms with Crippen molar-refractivity contribution < 1.29 is 9.53 Å². The molecule has 0 aliphatic carbocycles. The first-order valence-corrected chi connectivity index (χ1v) is 8.58. The van der Waals surface area contributed by atoms with Gasteiger partial charge in [-0.15, -0.1) is 5.10 Å². The maximum atomic E-state index is 12.0. The summed E-state index contributed by atoms with van der Waals surface area (Å²) in [6.45, 7) is 3.95. The van der Waals surface area contributed by atoms with Crippen molar-refractivity contribution in [3.63, 3.8) is 0 Å².